The van der Waals surface area contributed by atoms with Crippen molar-refractivity contribution in [2.24, 2.45) is 0 Å². The summed E-state index contributed by atoms with van der Waals surface area (Å²) >= 11 is 23.2. The number of hydrogen-bond donors (Lipinski definition) is 2. The van der Waals surface area contributed by atoms with Gasteiger partial charge in [0.2, 0.25) is 0 Å². The molecule has 2 aromatic rings. The zero-order valence-corrected chi connectivity index (χ0v) is 15.9. The Morgan fingerprint density at radius 2 is 1.96 bits per heavy atom. The van der Waals surface area contributed by atoms with Crippen molar-refractivity contribution in [2.75, 3.05) is 11.9 Å². The van der Waals surface area contributed by atoms with E-state index in [-0.39, 0.29) is 0 Å². The lowest BCUT2D eigenvalue weighted by molar-refractivity contribution is 0.558. The molecule has 8 heteroatoms. The molecule has 0 radical (unpaired) electrons. The first-order valence-electron chi connectivity index (χ1n) is 7.08. The summed E-state index contributed by atoms with van der Waals surface area (Å²) in [5.41, 5.74) is 2.64. The summed E-state index contributed by atoms with van der Waals surface area (Å²) in [7, 11) is 0. The zero-order valence-electron chi connectivity index (χ0n) is 12.8. The highest BCUT2D eigenvalue weighted by molar-refractivity contribution is 7.80. The minimum Gasteiger partial charge on any atom is -0.362 e. The maximum atomic E-state index is 6.13. The lowest BCUT2D eigenvalue weighted by Gasteiger charge is -2.11. The highest BCUT2D eigenvalue weighted by Gasteiger charge is 2.08. The van der Waals surface area contributed by atoms with Crippen LogP contribution in [0.3, 0.4) is 0 Å². The third kappa shape index (κ3) is 4.98. The number of hydrogen-bond acceptors (Lipinski definition) is 2. The Hall–Kier alpha value is -1.01. The van der Waals surface area contributed by atoms with Crippen LogP contribution in [0.25, 0.3) is 0 Å². The summed E-state index contributed by atoms with van der Waals surface area (Å²) in [4.78, 5) is 0. The van der Waals surface area contributed by atoms with E-state index in [9.17, 15) is 0 Å². The van der Waals surface area contributed by atoms with Crippen molar-refractivity contribution in [3.05, 3.63) is 44.7 Å². The normalized spacial score (nSPS) is 10.7. The Morgan fingerprint density at radius 1 is 1.22 bits per heavy atom. The summed E-state index contributed by atoms with van der Waals surface area (Å²) in [5.74, 6) is 0. The number of nitrogens with zero attached hydrogens (tertiary/aromatic N) is 2. The largest absolute Gasteiger partial charge is 0.362 e. The predicted octanol–water partition coefficient (Wildman–Crippen LogP) is 4.84. The molecule has 4 nitrogen and oxygen atoms in total. The monoisotopic (exact) mass is 390 g/mol. The number of aromatic nitrogens is 2. The molecule has 0 fully saturated rings. The quantitative estimate of drug-likeness (QED) is 0.565. The molecule has 1 aromatic carbocycles. The van der Waals surface area contributed by atoms with Crippen LogP contribution in [0, 0.1) is 13.8 Å². The van der Waals surface area contributed by atoms with Crippen molar-refractivity contribution in [3.63, 3.8) is 0 Å². The van der Waals surface area contributed by atoms with Crippen LogP contribution in [0.2, 0.25) is 15.1 Å². The molecule has 0 saturated carbocycles. The lowest BCUT2D eigenvalue weighted by atomic mass is 10.3. The molecule has 0 bridgehead atoms. The van der Waals surface area contributed by atoms with Gasteiger partial charge in [-0.25, -0.2) is 0 Å². The fraction of sp³-hybridized carbons (Fsp3) is 0.333. The molecule has 0 aliphatic rings. The first-order valence-corrected chi connectivity index (χ1v) is 8.62. The summed E-state index contributed by atoms with van der Waals surface area (Å²) < 4.78 is 1.91. The van der Waals surface area contributed by atoms with Gasteiger partial charge in [0.15, 0.2) is 5.11 Å². The van der Waals surface area contributed by atoms with E-state index in [0.717, 1.165) is 41.6 Å². The molecule has 0 aliphatic carbocycles. The topological polar surface area (TPSA) is 41.9 Å². The summed E-state index contributed by atoms with van der Waals surface area (Å²) in [6.45, 7) is 5.37. The van der Waals surface area contributed by atoms with Crippen molar-refractivity contribution in [3.8, 4) is 0 Å². The second-order valence-corrected chi connectivity index (χ2v) is 6.67. The van der Waals surface area contributed by atoms with E-state index in [2.05, 4.69) is 15.7 Å². The highest BCUT2D eigenvalue weighted by atomic mass is 35.5. The van der Waals surface area contributed by atoms with Crippen LogP contribution in [0.4, 0.5) is 5.69 Å². The lowest BCUT2D eigenvalue weighted by Crippen LogP contribution is -2.29. The van der Waals surface area contributed by atoms with E-state index in [1.165, 1.54) is 0 Å². The van der Waals surface area contributed by atoms with Crippen LogP contribution in [0.15, 0.2) is 18.2 Å². The van der Waals surface area contributed by atoms with Crippen molar-refractivity contribution >= 4 is 57.8 Å². The maximum Gasteiger partial charge on any atom is 0.170 e. The molecule has 23 heavy (non-hydrogen) atoms. The molecular weight excluding hydrogens is 375 g/mol. The van der Waals surface area contributed by atoms with E-state index >= 15 is 0 Å². The molecule has 1 heterocycles. The van der Waals surface area contributed by atoms with Gasteiger partial charge in [0.05, 0.1) is 26.5 Å². The van der Waals surface area contributed by atoms with Gasteiger partial charge < -0.3 is 10.6 Å². The smallest absolute Gasteiger partial charge is 0.170 e. The summed E-state index contributed by atoms with van der Waals surface area (Å²) in [5, 5.41) is 12.9. The Bertz CT molecular complexity index is 715. The number of benzene rings is 1. The Kier molecular flexibility index (Phi) is 6.53. The van der Waals surface area contributed by atoms with Gasteiger partial charge in [0.1, 0.15) is 0 Å². The number of nitrogens with one attached hydrogen (secondary N) is 2. The van der Waals surface area contributed by atoms with Crippen LogP contribution < -0.4 is 10.6 Å². The number of aryl methyl sites for hydroxylation is 2. The van der Waals surface area contributed by atoms with E-state index in [1.54, 1.807) is 12.1 Å². The Labute approximate surface area is 156 Å². The molecular formula is C15H17Cl3N4S. The molecule has 0 amide bonds. The van der Waals surface area contributed by atoms with Gasteiger partial charge in [-0.05, 0) is 50.7 Å². The maximum absolute atomic E-state index is 6.13. The Morgan fingerprint density at radius 3 is 2.57 bits per heavy atom. The van der Waals surface area contributed by atoms with Gasteiger partial charge in [-0.3, -0.25) is 4.68 Å². The molecule has 2 N–H and O–H groups in total. The van der Waals surface area contributed by atoms with Gasteiger partial charge in [-0.1, -0.05) is 34.8 Å². The second kappa shape index (κ2) is 8.20. The standard InChI is InChI=1S/C15H17Cl3N4S/c1-9-14(18)10(2)22(21-9)7-3-6-19-15(23)20-11-4-5-12(16)13(17)8-11/h4-5,8H,3,6-7H2,1-2H3,(H2,19,20,23). The van der Waals surface area contributed by atoms with E-state index in [0.29, 0.717) is 15.2 Å². The highest BCUT2D eigenvalue weighted by Crippen LogP contribution is 2.24. The van der Waals surface area contributed by atoms with E-state index in [1.807, 2.05) is 24.6 Å². The summed E-state index contributed by atoms with van der Waals surface area (Å²) in [6.07, 6.45) is 0.876. The average Bonchev–Trinajstić information content (AvgIpc) is 2.75. The van der Waals surface area contributed by atoms with E-state index in [4.69, 9.17) is 47.0 Å². The third-order valence-electron chi connectivity index (χ3n) is 3.30. The SMILES string of the molecule is Cc1nn(CCCNC(=S)Nc2ccc(Cl)c(Cl)c2)c(C)c1Cl. The molecule has 0 aliphatic heterocycles. The first-order chi connectivity index (χ1) is 10.9. The average molecular weight is 392 g/mol. The minimum atomic E-state index is 0.487. The van der Waals surface area contributed by atoms with Crippen LogP contribution in [-0.4, -0.2) is 21.4 Å². The van der Waals surface area contributed by atoms with Crippen LogP contribution in [0.5, 0.6) is 0 Å². The van der Waals surface area contributed by atoms with Gasteiger partial charge >= 0.3 is 0 Å². The number of halogens is 3. The number of thiocarbonyl (C=S) groups is 1. The molecule has 0 atom stereocenters. The first kappa shape index (κ1) is 18.3. The fourth-order valence-electron chi connectivity index (χ4n) is 2.07. The molecule has 0 unspecified atom stereocenters. The molecule has 0 spiro atoms. The third-order valence-corrected chi connectivity index (χ3v) is 4.84. The fourth-order valence-corrected chi connectivity index (χ4v) is 2.73. The van der Waals surface area contributed by atoms with Crippen molar-refractivity contribution in [1.29, 1.82) is 0 Å². The van der Waals surface area contributed by atoms with Crippen LogP contribution in [0.1, 0.15) is 17.8 Å². The second-order valence-electron chi connectivity index (χ2n) is 5.07. The number of rotatable bonds is 5. The van der Waals surface area contributed by atoms with Crippen molar-refractivity contribution < 1.29 is 0 Å². The predicted molar refractivity (Wildman–Crippen MR) is 102 cm³/mol. The van der Waals surface area contributed by atoms with E-state index < -0.39 is 0 Å². The molecule has 124 valence electrons. The van der Waals surface area contributed by atoms with Gasteiger partial charge in [0, 0.05) is 18.8 Å². The summed E-state index contributed by atoms with van der Waals surface area (Å²) in [6, 6.07) is 5.28. The zero-order chi connectivity index (χ0) is 17.0. The number of anilines is 1. The molecule has 0 saturated heterocycles. The molecule has 1 aromatic heterocycles. The minimum absolute atomic E-state index is 0.487. The van der Waals surface area contributed by atoms with Crippen molar-refractivity contribution in [1.82, 2.24) is 15.1 Å². The van der Waals surface area contributed by atoms with Crippen LogP contribution >= 0.6 is 47.0 Å². The van der Waals surface area contributed by atoms with Crippen LogP contribution in [-0.2, 0) is 6.54 Å². The van der Waals surface area contributed by atoms with Gasteiger partial charge in [-0.2, -0.15) is 5.10 Å². The van der Waals surface area contributed by atoms with Gasteiger partial charge in [-0.15, -0.1) is 0 Å². The van der Waals surface area contributed by atoms with Crippen molar-refractivity contribution in [2.45, 2.75) is 26.8 Å². The molecule has 2 rings (SSSR count). The Balaban J connectivity index is 1.76. The van der Waals surface area contributed by atoms with Gasteiger partial charge in [0.25, 0.3) is 0 Å².